The number of rotatable bonds is 9. The number of ether oxygens (including phenoxy) is 1. The largest absolute Gasteiger partial charge is 0.483 e. The maximum absolute atomic E-state index is 13.2. The van der Waals surface area contributed by atoms with Gasteiger partial charge in [0, 0.05) is 17.6 Å². The van der Waals surface area contributed by atoms with Gasteiger partial charge in [-0.15, -0.1) is 0 Å². The first-order valence-corrected chi connectivity index (χ1v) is 11.8. The summed E-state index contributed by atoms with van der Waals surface area (Å²) in [6.45, 7) is 6.14. The molecule has 0 radical (unpaired) electrons. The third-order valence-corrected chi connectivity index (χ3v) is 6.28. The van der Waals surface area contributed by atoms with Crippen LogP contribution >= 0.6 is 11.6 Å². The molecule has 172 valence electrons. The maximum atomic E-state index is 13.2. The number of carbonyl (C=O) groups is 2. The number of amides is 2. The van der Waals surface area contributed by atoms with Crippen LogP contribution in [-0.2, 0) is 16.1 Å². The van der Waals surface area contributed by atoms with E-state index in [0.717, 1.165) is 36.8 Å². The van der Waals surface area contributed by atoms with Gasteiger partial charge in [-0.2, -0.15) is 0 Å². The highest BCUT2D eigenvalue weighted by molar-refractivity contribution is 6.30. The Morgan fingerprint density at radius 3 is 2.38 bits per heavy atom. The SMILES string of the molecule is CC(C)c1ccccc1OCC(=O)N(Cc1ccc(Cl)cc1)[C@@H](C)C(=O)NC1CCCC1. The molecule has 1 N–H and O–H groups in total. The first kappa shape index (κ1) is 24.1. The van der Waals surface area contributed by atoms with Crippen molar-refractivity contribution in [1.82, 2.24) is 10.2 Å². The van der Waals surface area contributed by atoms with E-state index in [1.54, 1.807) is 24.0 Å². The van der Waals surface area contributed by atoms with E-state index in [1.807, 2.05) is 36.4 Å². The van der Waals surface area contributed by atoms with Crippen LogP contribution in [0.1, 0.15) is 63.5 Å². The van der Waals surface area contributed by atoms with E-state index < -0.39 is 6.04 Å². The van der Waals surface area contributed by atoms with Crippen molar-refractivity contribution in [2.75, 3.05) is 6.61 Å². The van der Waals surface area contributed by atoms with E-state index in [1.165, 1.54) is 0 Å². The fraction of sp³-hybridized carbons (Fsp3) is 0.462. The number of nitrogens with one attached hydrogen (secondary N) is 1. The van der Waals surface area contributed by atoms with Crippen molar-refractivity contribution in [3.05, 3.63) is 64.7 Å². The van der Waals surface area contributed by atoms with E-state index in [-0.39, 0.29) is 30.4 Å². The van der Waals surface area contributed by atoms with E-state index in [4.69, 9.17) is 16.3 Å². The van der Waals surface area contributed by atoms with Crippen molar-refractivity contribution >= 4 is 23.4 Å². The number of benzene rings is 2. The summed E-state index contributed by atoms with van der Waals surface area (Å²) in [5.41, 5.74) is 1.96. The standard InChI is InChI=1S/C26H33ClN2O3/c1-18(2)23-10-6-7-11-24(23)32-17-25(30)29(16-20-12-14-21(27)15-13-20)19(3)26(31)28-22-8-4-5-9-22/h6-7,10-15,18-19,22H,4-5,8-9,16-17H2,1-3H3,(H,28,31)/t19-/m0/s1. The summed E-state index contributed by atoms with van der Waals surface area (Å²) >= 11 is 6.01. The predicted octanol–water partition coefficient (Wildman–Crippen LogP) is 5.32. The highest BCUT2D eigenvalue weighted by Gasteiger charge is 2.29. The zero-order valence-electron chi connectivity index (χ0n) is 19.1. The van der Waals surface area contributed by atoms with Crippen LogP contribution in [0.4, 0.5) is 0 Å². The highest BCUT2D eigenvalue weighted by atomic mass is 35.5. The minimum absolute atomic E-state index is 0.123. The van der Waals surface area contributed by atoms with Gasteiger partial charge in [-0.25, -0.2) is 0 Å². The number of carbonyl (C=O) groups excluding carboxylic acids is 2. The fourth-order valence-electron chi connectivity index (χ4n) is 4.07. The van der Waals surface area contributed by atoms with Gasteiger partial charge in [0.05, 0.1) is 0 Å². The maximum Gasteiger partial charge on any atom is 0.261 e. The van der Waals surface area contributed by atoms with Gasteiger partial charge in [0.15, 0.2) is 6.61 Å². The number of hydrogen-bond acceptors (Lipinski definition) is 3. The molecular weight excluding hydrogens is 424 g/mol. The predicted molar refractivity (Wildman–Crippen MR) is 128 cm³/mol. The third kappa shape index (κ3) is 6.49. The molecule has 2 amide bonds. The van der Waals surface area contributed by atoms with Crippen molar-refractivity contribution in [1.29, 1.82) is 0 Å². The Hall–Kier alpha value is -2.53. The molecule has 6 heteroatoms. The Labute approximate surface area is 196 Å². The second kappa shape index (κ2) is 11.4. The molecule has 5 nitrogen and oxygen atoms in total. The van der Waals surface area contributed by atoms with Gasteiger partial charge in [-0.1, -0.05) is 68.6 Å². The number of hydrogen-bond donors (Lipinski definition) is 1. The number of halogens is 1. The molecule has 32 heavy (non-hydrogen) atoms. The van der Waals surface area contributed by atoms with Gasteiger partial charge in [0.25, 0.3) is 5.91 Å². The lowest BCUT2D eigenvalue weighted by Gasteiger charge is -2.30. The van der Waals surface area contributed by atoms with Crippen LogP contribution in [0, 0.1) is 0 Å². The van der Waals surface area contributed by atoms with Crippen LogP contribution in [0.15, 0.2) is 48.5 Å². The normalized spacial score (nSPS) is 14.9. The van der Waals surface area contributed by atoms with E-state index in [9.17, 15) is 9.59 Å². The van der Waals surface area contributed by atoms with Crippen LogP contribution in [0.2, 0.25) is 5.02 Å². The molecule has 1 aliphatic carbocycles. The van der Waals surface area contributed by atoms with Crippen LogP contribution in [0.5, 0.6) is 5.75 Å². The second-order valence-electron chi connectivity index (χ2n) is 8.80. The fourth-order valence-corrected chi connectivity index (χ4v) is 4.20. The second-order valence-corrected chi connectivity index (χ2v) is 9.23. The van der Waals surface area contributed by atoms with Crippen LogP contribution in [0.3, 0.4) is 0 Å². The molecule has 1 fully saturated rings. The summed E-state index contributed by atoms with van der Waals surface area (Å²) in [4.78, 5) is 27.8. The number of nitrogens with zero attached hydrogens (tertiary/aromatic N) is 1. The summed E-state index contributed by atoms with van der Waals surface area (Å²) in [5.74, 6) is 0.627. The topological polar surface area (TPSA) is 58.6 Å². The smallest absolute Gasteiger partial charge is 0.261 e. The minimum atomic E-state index is -0.609. The molecule has 0 heterocycles. The Morgan fingerprint density at radius 2 is 1.72 bits per heavy atom. The summed E-state index contributed by atoms with van der Waals surface area (Å²) in [7, 11) is 0. The molecule has 1 saturated carbocycles. The first-order valence-electron chi connectivity index (χ1n) is 11.4. The average molecular weight is 457 g/mol. The van der Waals surface area contributed by atoms with Crippen molar-refractivity contribution in [3.8, 4) is 5.75 Å². The Morgan fingerprint density at radius 1 is 1.06 bits per heavy atom. The highest BCUT2D eigenvalue weighted by Crippen LogP contribution is 2.26. The summed E-state index contributed by atoms with van der Waals surface area (Å²) < 4.78 is 5.92. The van der Waals surface area contributed by atoms with Crippen LogP contribution in [0.25, 0.3) is 0 Å². The van der Waals surface area contributed by atoms with Gasteiger partial charge in [0.1, 0.15) is 11.8 Å². The lowest BCUT2D eigenvalue weighted by Crippen LogP contribution is -2.50. The molecule has 0 aromatic heterocycles. The van der Waals surface area contributed by atoms with Crippen molar-refractivity contribution in [3.63, 3.8) is 0 Å². The summed E-state index contributed by atoms with van der Waals surface area (Å²) in [5, 5.41) is 3.74. The zero-order valence-corrected chi connectivity index (χ0v) is 19.9. The molecule has 2 aromatic rings. The number of para-hydroxylation sites is 1. The minimum Gasteiger partial charge on any atom is -0.483 e. The molecular formula is C26H33ClN2O3. The summed E-state index contributed by atoms with van der Waals surface area (Å²) in [6.07, 6.45) is 4.27. The Kier molecular flexibility index (Phi) is 8.57. The van der Waals surface area contributed by atoms with E-state index in [0.29, 0.717) is 17.3 Å². The molecule has 0 unspecified atom stereocenters. The lowest BCUT2D eigenvalue weighted by molar-refractivity contribution is -0.142. The van der Waals surface area contributed by atoms with E-state index >= 15 is 0 Å². The Balaban J connectivity index is 1.73. The van der Waals surface area contributed by atoms with Crippen LogP contribution < -0.4 is 10.1 Å². The Bertz CT molecular complexity index is 908. The molecule has 0 saturated heterocycles. The lowest BCUT2D eigenvalue weighted by atomic mass is 10.0. The molecule has 0 spiro atoms. The molecule has 1 atom stereocenters. The molecule has 0 aliphatic heterocycles. The quantitative estimate of drug-likeness (QED) is 0.555. The molecule has 2 aromatic carbocycles. The van der Waals surface area contributed by atoms with Crippen molar-refractivity contribution in [2.45, 2.75) is 71.0 Å². The molecule has 0 bridgehead atoms. The van der Waals surface area contributed by atoms with Crippen molar-refractivity contribution < 1.29 is 14.3 Å². The summed E-state index contributed by atoms with van der Waals surface area (Å²) in [6, 6.07) is 14.7. The first-order chi connectivity index (χ1) is 15.3. The van der Waals surface area contributed by atoms with Crippen LogP contribution in [-0.4, -0.2) is 35.4 Å². The molecule has 1 aliphatic rings. The van der Waals surface area contributed by atoms with Gasteiger partial charge in [-0.3, -0.25) is 9.59 Å². The third-order valence-electron chi connectivity index (χ3n) is 6.03. The van der Waals surface area contributed by atoms with Gasteiger partial charge >= 0.3 is 0 Å². The van der Waals surface area contributed by atoms with E-state index in [2.05, 4.69) is 19.2 Å². The van der Waals surface area contributed by atoms with Gasteiger partial charge < -0.3 is 15.0 Å². The monoisotopic (exact) mass is 456 g/mol. The molecule has 3 rings (SSSR count). The average Bonchev–Trinajstić information content (AvgIpc) is 3.29. The van der Waals surface area contributed by atoms with Gasteiger partial charge in [0.2, 0.25) is 5.91 Å². The van der Waals surface area contributed by atoms with Gasteiger partial charge in [-0.05, 0) is 55.0 Å². The van der Waals surface area contributed by atoms with Crippen molar-refractivity contribution in [2.24, 2.45) is 0 Å². The zero-order chi connectivity index (χ0) is 23.1.